The Bertz CT molecular complexity index is 115. The van der Waals surface area contributed by atoms with E-state index in [4.69, 9.17) is 8.42 Å². The minimum absolute atomic E-state index is 0.715. The zero-order valence-electron chi connectivity index (χ0n) is 3.51. The molecule has 0 rings (SSSR count). The summed E-state index contributed by atoms with van der Waals surface area (Å²) < 4.78 is 47.1. The predicted molar refractivity (Wildman–Crippen MR) is 16.0 cm³/mol. The molecule has 0 aromatic rings. The first-order chi connectivity index (χ1) is 3.46. The molecule has 0 saturated heterocycles. The average molecular weight is 179 g/mol. The van der Waals surface area contributed by atoms with E-state index in [-0.39, 0.29) is 0 Å². The molecule has 2 nitrogen and oxygen atoms in total. The quantitative estimate of drug-likeness (QED) is 0.542. The summed E-state index contributed by atoms with van der Waals surface area (Å²) >= 11 is 0.715. The van der Waals surface area contributed by atoms with Gasteiger partial charge < -0.3 is 0 Å². The predicted octanol–water partition coefficient (Wildman–Crippen LogP) is 0.506. The van der Waals surface area contributed by atoms with Gasteiger partial charge in [-0.15, -0.1) is 0 Å². The molecule has 0 aromatic carbocycles. The topological polar surface area (TPSA) is 34.1 Å². The molecule has 0 saturated carbocycles. The van der Waals surface area contributed by atoms with Crippen molar-refractivity contribution < 1.29 is 43.9 Å². The maximum atomic E-state index is 9.67. The van der Waals surface area contributed by atoms with Crippen LogP contribution in [0.5, 0.6) is 0 Å². The van der Waals surface area contributed by atoms with E-state index in [1.165, 1.54) is 0 Å². The standard InChI is InChI=1S/CHF3.O2S.Sc/c2-1(3)4;1-3-2;/h1H;;. The van der Waals surface area contributed by atoms with Gasteiger partial charge in [-0.1, -0.05) is 0 Å². The van der Waals surface area contributed by atoms with Crippen LogP contribution >= 0.6 is 0 Å². The molecule has 0 fully saturated rings. The van der Waals surface area contributed by atoms with Gasteiger partial charge in [-0.25, -0.2) is 0 Å². The molecule has 0 unspecified atom stereocenters. The Labute approximate surface area is 57.8 Å². The maximum absolute atomic E-state index is 9.67. The van der Waals surface area contributed by atoms with Crippen molar-refractivity contribution in [2.75, 3.05) is 0 Å². The van der Waals surface area contributed by atoms with Gasteiger partial charge in [-0.3, -0.25) is 0 Å². The van der Waals surface area contributed by atoms with Crippen molar-refractivity contribution >= 4 is 7.00 Å². The molecule has 47 valence electrons. The Morgan fingerprint density at radius 2 is 1.25 bits per heavy atom. The first-order valence-electron chi connectivity index (χ1n) is 1.22. The summed E-state index contributed by atoms with van der Waals surface area (Å²) in [5.74, 6) is 0. The van der Waals surface area contributed by atoms with Crippen LogP contribution < -0.4 is 0 Å². The number of rotatable bonds is 0. The van der Waals surface area contributed by atoms with Crippen LogP contribution in [0.2, 0.25) is 0 Å². The van der Waals surface area contributed by atoms with Crippen LogP contribution in [0, 0.1) is 0 Å². The third-order valence-electron chi connectivity index (χ3n) is 0. The fourth-order valence-electron chi connectivity index (χ4n) is 0. The number of halogens is 3. The molecule has 8 heavy (non-hydrogen) atoms. The normalized spacial score (nSPS) is 7.75. The molecular weight excluding hydrogens is 178 g/mol. The van der Waals surface area contributed by atoms with Crippen LogP contribution in [0.15, 0.2) is 0 Å². The molecule has 7 heteroatoms. The van der Waals surface area contributed by atoms with E-state index in [0.29, 0.717) is 22.4 Å². The zero-order valence-corrected chi connectivity index (χ0v) is 6.13. The second-order valence-electron chi connectivity index (χ2n) is 0.508. The average Bonchev–Trinajstić information content (AvgIpc) is 1.25. The Hall–Kier alpha value is 0.480. The van der Waals surface area contributed by atoms with Gasteiger partial charge in [0.1, 0.15) is 0 Å². The van der Waals surface area contributed by atoms with Crippen molar-refractivity contribution in [2.24, 2.45) is 0 Å². The molecule has 0 atom stereocenters. The summed E-state index contributed by atoms with van der Waals surface area (Å²) in [6.07, 6.45) is 0. The SMILES string of the molecule is FC(F)F.O=[S](=O)=[Sc]. The van der Waals surface area contributed by atoms with Crippen LogP contribution in [0.3, 0.4) is 0 Å². The molecule has 0 N–H and O–H groups in total. The number of hydrogen-bond acceptors (Lipinski definition) is 2. The summed E-state index contributed by atoms with van der Waals surface area (Å²) in [7, 11) is 0. The summed E-state index contributed by atoms with van der Waals surface area (Å²) in [6, 6.07) is 0. The van der Waals surface area contributed by atoms with Gasteiger partial charge in [-0.2, -0.15) is 13.2 Å². The Balaban J connectivity index is 0. The van der Waals surface area contributed by atoms with E-state index in [1.807, 2.05) is 0 Å². The monoisotopic (exact) mass is 179 g/mol. The summed E-state index contributed by atoms with van der Waals surface area (Å²) in [4.78, 5) is 0. The molecule has 0 aliphatic carbocycles. The Kier molecular flexibility index (Phi) is 10.6. The molecule has 0 aliphatic heterocycles. The first kappa shape index (κ1) is 11.3. The third kappa shape index (κ3) is 844. The van der Waals surface area contributed by atoms with Gasteiger partial charge >= 0.3 is 44.4 Å². The third-order valence-corrected chi connectivity index (χ3v) is 0. The molecule has 0 amide bonds. The van der Waals surface area contributed by atoms with Gasteiger partial charge in [0.25, 0.3) is 0 Å². The van der Waals surface area contributed by atoms with E-state index in [2.05, 4.69) is 0 Å². The van der Waals surface area contributed by atoms with E-state index < -0.39 is 13.7 Å². The first-order valence-corrected chi connectivity index (χ1v) is 4.57. The number of alkyl halides is 3. The van der Waals surface area contributed by atoms with Crippen molar-refractivity contribution in [3.63, 3.8) is 0 Å². The molecule has 0 heterocycles. The Morgan fingerprint density at radius 3 is 1.25 bits per heavy atom. The molecular formula is CHF3O2SSc. The molecule has 0 aromatic heterocycles. The summed E-state index contributed by atoms with van der Waals surface area (Å²) in [6.45, 7) is -5.47. The van der Waals surface area contributed by atoms with Gasteiger partial charge in [0.2, 0.25) is 0 Å². The summed E-state index contributed by atoms with van der Waals surface area (Å²) in [5.41, 5.74) is 0. The van der Waals surface area contributed by atoms with Gasteiger partial charge in [0.15, 0.2) is 0 Å². The molecule has 0 spiro atoms. The van der Waals surface area contributed by atoms with Crippen molar-refractivity contribution in [2.45, 2.75) is 6.68 Å². The van der Waals surface area contributed by atoms with Gasteiger partial charge in [0.05, 0.1) is 0 Å². The van der Waals surface area contributed by atoms with Crippen molar-refractivity contribution in [3.05, 3.63) is 0 Å². The van der Waals surface area contributed by atoms with Crippen LogP contribution in [-0.2, 0) is 29.3 Å². The fourth-order valence-corrected chi connectivity index (χ4v) is 0. The zero-order chi connectivity index (χ0) is 7.15. The minimum atomic E-state index is -3.67. The second-order valence-corrected chi connectivity index (χ2v) is 2.83. The molecule has 0 radical (unpaired) electrons. The van der Waals surface area contributed by atoms with Crippen LogP contribution in [0.1, 0.15) is 0 Å². The van der Waals surface area contributed by atoms with E-state index >= 15 is 0 Å². The number of hydrogen-bond donors (Lipinski definition) is 0. The van der Waals surface area contributed by atoms with Crippen LogP contribution in [-0.4, -0.2) is 15.1 Å². The van der Waals surface area contributed by atoms with E-state index in [9.17, 15) is 13.2 Å². The van der Waals surface area contributed by atoms with Gasteiger partial charge in [0, 0.05) is 0 Å². The van der Waals surface area contributed by atoms with Crippen LogP contribution in [0.4, 0.5) is 13.2 Å². The summed E-state index contributed by atoms with van der Waals surface area (Å²) in [5, 5.41) is 0. The molecule has 0 bridgehead atoms. The van der Waals surface area contributed by atoms with Crippen molar-refractivity contribution in [1.82, 2.24) is 0 Å². The van der Waals surface area contributed by atoms with Crippen LogP contribution in [0.25, 0.3) is 0 Å². The van der Waals surface area contributed by atoms with Gasteiger partial charge in [-0.05, 0) is 0 Å². The second kappa shape index (κ2) is 7.48. The van der Waals surface area contributed by atoms with Crippen molar-refractivity contribution in [1.29, 1.82) is 0 Å². The molecule has 0 aliphatic rings. The van der Waals surface area contributed by atoms with Crippen molar-refractivity contribution in [3.8, 4) is 0 Å². The fraction of sp³-hybridized carbons (Fsp3) is 1.00. The Morgan fingerprint density at radius 1 is 1.25 bits per heavy atom. The van der Waals surface area contributed by atoms with E-state index in [0.717, 1.165) is 0 Å². The van der Waals surface area contributed by atoms with E-state index in [1.54, 1.807) is 0 Å².